The molecule has 0 unspecified atom stereocenters. The molecule has 146 valence electrons. The van der Waals surface area contributed by atoms with Gasteiger partial charge in [0.1, 0.15) is 11.9 Å². The maximum absolute atomic E-state index is 12.7. The topological polar surface area (TPSA) is 67.4 Å². The van der Waals surface area contributed by atoms with E-state index in [2.05, 4.69) is 34.7 Å². The third kappa shape index (κ3) is 4.96. The van der Waals surface area contributed by atoms with Crippen LogP contribution in [-0.4, -0.2) is 59.0 Å². The molecule has 1 aromatic carbocycles. The fourth-order valence-corrected chi connectivity index (χ4v) is 3.78. The van der Waals surface area contributed by atoms with Gasteiger partial charge in [-0.2, -0.15) is 0 Å². The number of piperidine rings is 1. The Hall–Kier alpha value is -2.18. The summed E-state index contributed by atoms with van der Waals surface area (Å²) in [6, 6.07) is 9.04. The molecule has 0 saturated carbocycles. The number of carbonyl (C=O) groups excluding carboxylic acids is 1. The lowest BCUT2D eigenvalue weighted by Crippen LogP contribution is -2.43. The Morgan fingerprint density at radius 3 is 2.63 bits per heavy atom. The van der Waals surface area contributed by atoms with E-state index in [1.54, 1.807) is 0 Å². The van der Waals surface area contributed by atoms with Crippen molar-refractivity contribution in [3.8, 4) is 0 Å². The fourth-order valence-electron chi connectivity index (χ4n) is 3.78. The Morgan fingerprint density at radius 1 is 1.26 bits per heavy atom. The van der Waals surface area contributed by atoms with Gasteiger partial charge in [-0.3, -0.25) is 4.79 Å². The molecule has 6 nitrogen and oxygen atoms in total. The van der Waals surface area contributed by atoms with Crippen LogP contribution in [0.2, 0.25) is 0 Å². The predicted octanol–water partition coefficient (Wildman–Crippen LogP) is 2.24. The molecule has 2 heterocycles. The van der Waals surface area contributed by atoms with Gasteiger partial charge in [0.2, 0.25) is 5.91 Å². The van der Waals surface area contributed by atoms with Crippen molar-refractivity contribution in [2.45, 2.75) is 37.8 Å². The molecule has 1 amide bonds. The summed E-state index contributed by atoms with van der Waals surface area (Å²) in [6.07, 6.45) is 6.97. The largest absolute Gasteiger partial charge is 0.341 e. The summed E-state index contributed by atoms with van der Waals surface area (Å²) in [7, 11) is 4.20. The van der Waals surface area contributed by atoms with Gasteiger partial charge in [-0.15, -0.1) is 0 Å². The minimum absolute atomic E-state index is 0.0222. The first kappa shape index (κ1) is 19.6. The van der Waals surface area contributed by atoms with Crippen LogP contribution < -0.4 is 5.73 Å². The van der Waals surface area contributed by atoms with Crippen LogP contribution in [0.4, 0.5) is 0 Å². The van der Waals surface area contributed by atoms with E-state index in [4.69, 9.17) is 5.73 Å². The Kier molecular flexibility index (Phi) is 6.63. The number of rotatable bonds is 7. The number of benzene rings is 1. The summed E-state index contributed by atoms with van der Waals surface area (Å²) in [6.45, 7) is 3.55. The highest BCUT2D eigenvalue weighted by molar-refractivity contribution is 5.83. The van der Waals surface area contributed by atoms with Gasteiger partial charge in [0.15, 0.2) is 0 Å². The van der Waals surface area contributed by atoms with E-state index in [0.29, 0.717) is 5.92 Å². The van der Waals surface area contributed by atoms with E-state index in [9.17, 15) is 4.79 Å². The summed E-state index contributed by atoms with van der Waals surface area (Å²) >= 11 is 0. The summed E-state index contributed by atoms with van der Waals surface area (Å²) in [5, 5.41) is 0. The van der Waals surface area contributed by atoms with E-state index >= 15 is 0 Å². The number of imidazole rings is 1. The summed E-state index contributed by atoms with van der Waals surface area (Å²) in [5.41, 5.74) is 7.07. The highest BCUT2D eigenvalue weighted by Gasteiger charge is 2.29. The van der Waals surface area contributed by atoms with Gasteiger partial charge in [-0.25, -0.2) is 4.98 Å². The van der Waals surface area contributed by atoms with Crippen molar-refractivity contribution >= 4 is 5.91 Å². The molecule has 0 bridgehead atoms. The number of amides is 1. The van der Waals surface area contributed by atoms with Gasteiger partial charge in [0.05, 0.1) is 0 Å². The SMILES string of the molecule is CN(C)CCCn1ccnc1C1CCN(C(=O)[C@@H](N)c2ccccc2)CC1. The Morgan fingerprint density at radius 2 is 1.96 bits per heavy atom. The smallest absolute Gasteiger partial charge is 0.244 e. The predicted molar refractivity (Wildman–Crippen MR) is 107 cm³/mol. The van der Waals surface area contributed by atoms with Crippen molar-refractivity contribution in [2.24, 2.45) is 5.73 Å². The summed E-state index contributed by atoms with van der Waals surface area (Å²) in [5.74, 6) is 1.60. The molecule has 0 spiro atoms. The van der Waals surface area contributed by atoms with E-state index < -0.39 is 6.04 Å². The number of aromatic nitrogens is 2. The quantitative estimate of drug-likeness (QED) is 0.813. The molecule has 1 aromatic heterocycles. The third-order valence-corrected chi connectivity index (χ3v) is 5.35. The Labute approximate surface area is 162 Å². The Bertz CT molecular complexity index is 719. The number of nitrogens with zero attached hydrogens (tertiary/aromatic N) is 4. The van der Waals surface area contributed by atoms with Crippen LogP contribution in [0, 0.1) is 0 Å². The lowest BCUT2D eigenvalue weighted by atomic mass is 9.95. The van der Waals surface area contributed by atoms with E-state index in [-0.39, 0.29) is 5.91 Å². The van der Waals surface area contributed by atoms with Gasteiger partial charge >= 0.3 is 0 Å². The van der Waals surface area contributed by atoms with Crippen molar-refractivity contribution in [3.63, 3.8) is 0 Å². The molecular weight excluding hydrogens is 338 g/mol. The molecule has 2 N–H and O–H groups in total. The second-order valence-electron chi connectivity index (χ2n) is 7.62. The van der Waals surface area contributed by atoms with Crippen LogP contribution in [0.1, 0.15) is 42.6 Å². The molecular formula is C21H31N5O. The zero-order valence-electron chi connectivity index (χ0n) is 16.4. The molecule has 1 fully saturated rings. The molecule has 1 atom stereocenters. The van der Waals surface area contributed by atoms with Crippen LogP contribution >= 0.6 is 0 Å². The standard InChI is InChI=1S/C21H31N5O/c1-24(2)12-6-13-25-16-11-23-20(25)18-9-14-26(15-10-18)21(27)19(22)17-7-4-3-5-8-17/h3-5,7-8,11,16,18-19H,6,9-10,12-15,22H2,1-2H3/t19-/m0/s1. The lowest BCUT2D eigenvalue weighted by molar-refractivity contribution is -0.133. The number of carbonyl (C=O) groups is 1. The van der Waals surface area contributed by atoms with E-state index in [0.717, 1.165) is 56.8 Å². The van der Waals surface area contributed by atoms with Crippen molar-refractivity contribution in [3.05, 3.63) is 54.1 Å². The molecule has 3 rings (SSSR count). The average molecular weight is 370 g/mol. The van der Waals surface area contributed by atoms with Gasteiger partial charge in [0, 0.05) is 37.9 Å². The monoisotopic (exact) mass is 369 g/mol. The zero-order chi connectivity index (χ0) is 19.2. The van der Waals surface area contributed by atoms with Crippen molar-refractivity contribution in [1.82, 2.24) is 19.4 Å². The second-order valence-corrected chi connectivity index (χ2v) is 7.62. The Balaban J connectivity index is 1.55. The number of hydrogen-bond donors (Lipinski definition) is 1. The first-order chi connectivity index (χ1) is 13.1. The maximum Gasteiger partial charge on any atom is 0.244 e. The first-order valence-electron chi connectivity index (χ1n) is 9.81. The fraction of sp³-hybridized carbons (Fsp3) is 0.524. The van der Waals surface area contributed by atoms with Crippen LogP contribution in [0.3, 0.4) is 0 Å². The molecule has 1 aliphatic rings. The normalized spacial score (nSPS) is 16.7. The van der Waals surface area contributed by atoms with Crippen LogP contribution in [0.25, 0.3) is 0 Å². The molecule has 2 aromatic rings. The van der Waals surface area contributed by atoms with Crippen molar-refractivity contribution in [1.29, 1.82) is 0 Å². The van der Waals surface area contributed by atoms with Gasteiger partial charge in [0.25, 0.3) is 0 Å². The zero-order valence-corrected chi connectivity index (χ0v) is 16.4. The number of nitrogens with two attached hydrogens (primary N) is 1. The van der Waals surface area contributed by atoms with E-state index in [1.165, 1.54) is 0 Å². The minimum atomic E-state index is -0.573. The van der Waals surface area contributed by atoms with Gasteiger partial charge in [-0.05, 0) is 45.5 Å². The molecule has 0 aliphatic carbocycles. The number of likely N-dealkylation sites (tertiary alicyclic amines) is 1. The van der Waals surface area contributed by atoms with Crippen LogP contribution in [0.15, 0.2) is 42.7 Å². The summed E-state index contributed by atoms with van der Waals surface area (Å²) < 4.78 is 2.28. The molecule has 27 heavy (non-hydrogen) atoms. The van der Waals surface area contributed by atoms with Crippen LogP contribution in [-0.2, 0) is 11.3 Å². The highest BCUT2D eigenvalue weighted by Crippen LogP contribution is 2.28. The van der Waals surface area contributed by atoms with Gasteiger partial charge < -0.3 is 20.1 Å². The minimum Gasteiger partial charge on any atom is -0.341 e. The van der Waals surface area contributed by atoms with E-state index in [1.807, 2.05) is 41.4 Å². The van der Waals surface area contributed by atoms with Crippen molar-refractivity contribution in [2.75, 3.05) is 33.7 Å². The number of aryl methyl sites for hydroxylation is 1. The first-order valence-corrected chi connectivity index (χ1v) is 9.81. The maximum atomic E-state index is 12.7. The lowest BCUT2D eigenvalue weighted by Gasteiger charge is -2.33. The molecule has 6 heteroatoms. The van der Waals surface area contributed by atoms with Crippen LogP contribution in [0.5, 0.6) is 0 Å². The highest BCUT2D eigenvalue weighted by atomic mass is 16.2. The number of hydrogen-bond acceptors (Lipinski definition) is 4. The van der Waals surface area contributed by atoms with Gasteiger partial charge in [-0.1, -0.05) is 30.3 Å². The third-order valence-electron chi connectivity index (χ3n) is 5.35. The van der Waals surface area contributed by atoms with Crippen molar-refractivity contribution < 1.29 is 4.79 Å². The summed E-state index contributed by atoms with van der Waals surface area (Å²) in [4.78, 5) is 21.5. The second kappa shape index (κ2) is 9.15. The molecule has 1 saturated heterocycles. The molecule has 0 radical (unpaired) electrons. The molecule has 1 aliphatic heterocycles. The average Bonchev–Trinajstić information content (AvgIpc) is 3.16.